The van der Waals surface area contributed by atoms with Crippen LogP contribution in [0.5, 0.6) is 5.75 Å². The third-order valence-electron chi connectivity index (χ3n) is 4.98. The van der Waals surface area contributed by atoms with Crippen LogP contribution in [0.2, 0.25) is 0 Å². The van der Waals surface area contributed by atoms with Crippen LogP contribution >= 0.6 is 0 Å². The lowest BCUT2D eigenvalue weighted by atomic mass is 10.0. The molecule has 0 unspecified atom stereocenters. The number of carbonyl (C=O) groups is 1. The molecule has 0 N–H and O–H groups in total. The van der Waals surface area contributed by atoms with Crippen molar-refractivity contribution in [2.75, 3.05) is 6.61 Å². The van der Waals surface area contributed by atoms with Gasteiger partial charge >= 0.3 is 6.18 Å². The molecule has 0 radical (unpaired) electrons. The lowest BCUT2D eigenvalue weighted by Gasteiger charge is -2.10. The Hall–Kier alpha value is -3.54. The summed E-state index contributed by atoms with van der Waals surface area (Å²) < 4.78 is 45.6. The van der Waals surface area contributed by atoms with Gasteiger partial charge in [-0.2, -0.15) is 13.2 Å². The van der Waals surface area contributed by atoms with Crippen molar-refractivity contribution in [2.24, 2.45) is 7.05 Å². The first-order chi connectivity index (χ1) is 14.4. The van der Waals surface area contributed by atoms with Gasteiger partial charge < -0.3 is 9.30 Å². The average Bonchev–Trinajstić information content (AvgIpc) is 3.05. The molecule has 0 bridgehead atoms. The van der Waals surface area contributed by atoms with Gasteiger partial charge in [0.15, 0.2) is 6.61 Å². The van der Waals surface area contributed by atoms with Crippen LogP contribution in [-0.4, -0.2) is 17.0 Å². The number of aryl methyl sites for hydroxylation is 1. The highest BCUT2D eigenvalue weighted by atomic mass is 19.4. The molecule has 0 saturated heterocycles. The Labute approximate surface area is 171 Å². The summed E-state index contributed by atoms with van der Waals surface area (Å²) in [7, 11) is 1.90. The maximum atomic E-state index is 13.1. The van der Waals surface area contributed by atoms with Crippen LogP contribution in [0.25, 0.3) is 22.2 Å². The standard InChI is InChI=1S/C24H18F3NO2/c1-28-20-10-6-5-9-19(20)22(23(28)16-7-3-2-4-8-16)21(29)15-30-18-13-11-17(12-14-18)24(25,26)27/h2-14H,15H2,1H3. The van der Waals surface area contributed by atoms with Gasteiger partial charge in [0, 0.05) is 18.0 Å². The fraction of sp³-hybridized carbons (Fsp3) is 0.125. The van der Waals surface area contributed by atoms with Gasteiger partial charge in [0.2, 0.25) is 5.78 Å². The number of Topliss-reactive ketones (excluding diaryl/α,β-unsaturated/α-hetero) is 1. The minimum atomic E-state index is -4.41. The van der Waals surface area contributed by atoms with Crippen molar-refractivity contribution < 1.29 is 22.7 Å². The fourth-order valence-electron chi connectivity index (χ4n) is 3.57. The van der Waals surface area contributed by atoms with E-state index in [0.717, 1.165) is 34.3 Å². The predicted molar refractivity (Wildman–Crippen MR) is 110 cm³/mol. The van der Waals surface area contributed by atoms with Gasteiger partial charge in [-0.25, -0.2) is 0 Å². The SMILES string of the molecule is Cn1c(-c2ccccc2)c(C(=O)COc2ccc(C(F)(F)F)cc2)c2ccccc21. The highest BCUT2D eigenvalue weighted by molar-refractivity contribution is 6.14. The van der Waals surface area contributed by atoms with E-state index in [4.69, 9.17) is 4.74 Å². The van der Waals surface area contributed by atoms with Gasteiger partial charge in [-0.3, -0.25) is 4.79 Å². The van der Waals surface area contributed by atoms with Gasteiger partial charge in [0.1, 0.15) is 5.75 Å². The van der Waals surface area contributed by atoms with E-state index < -0.39 is 11.7 Å². The largest absolute Gasteiger partial charge is 0.485 e. The summed E-state index contributed by atoms with van der Waals surface area (Å²) in [4.78, 5) is 13.1. The van der Waals surface area contributed by atoms with E-state index in [-0.39, 0.29) is 18.1 Å². The van der Waals surface area contributed by atoms with E-state index in [1.165, 1.54) is 12.1 Å². The molecule has 0 saturated carbocycles. The number of benzene rings is 3. The van der Waals surface area contributed by atoms with E-state index >= 15 is 0 Å². The Kier molecular flexibility index (Phi) is 5.08. The van der Waals surface area contributed by atoms with Crippen molar-refractivity contribution in [3.8, 4) is 17.0 Å². The Morgan fingerprint density at radius 2 is 1.53 bits per heavy atom. The zero-order chi connectivity index (χ0) is 21.3. The first-order valence-electron chi connectivity index (χ1n) is 9.32. The highest BCUT2D eigenvalue weighted by Gasteiger charge is 2.30. The number of aromatic nitrogens is 1. The van der Waals surface area contributed by atoms with Crippen molar-refractivity contribution in [3.05, 3.63) is 90.0 Å². The highest BCUT2D eigenvalue weighted by Crippen LogP contribution is 2.34. The molecule has 1 aromatic heterocycles. The summed E-state index contributed by atoms with van der Waals surface area (Å²) in [6, 6.07) is 21.5. The predicted octanol–water partition coefficient (Wildman–Crippen LogP) is 6.13. The molecule has 0 aliphatic carbocycles. The van der Waals surface area contributed by atoms with Crippen molar-refractivity contribution in [1.82, 2.24) is 4.57 Å². The maximum Gasteiger partial charge on any atom is 0.416 e. The number of halogens is 3. The number of rotatable bonds is 5. The van der Waals surface area contributed by atoms with Crippen molar-refractivity contribution >= 4 is 16.7 Å². The Morgan fingerprint density at radius 1 is 0.900 bits per heavy atom. The lowest BCUT2D eigenvalue weighted by molar-refractivity contribution is -0.137. The quantitative estimate of drug-likeness (QED) is 0.372. The van der Waals surface area contributed by atoms with Gasteiger partial charge in [0.25, 0.3) is 0 Å². The monoisotopic (exact) mass is 409 g/mol. The normalized spacial score (nSPS) is 11.6. The summed E-state index contributed by atoms with van der Waals surface area (Å²) >= 11 is 0. The molecule has 152 valence electrons. The van der Waals surface area contributed by atoms with Crippen LogP contribution in [0.1, 0.15) is 15.9 Å². The van der Waals surface area contributed by atoms with E-state index in [2.05, 4.69) is 0 Å². The fourth-order valence-corrected chi connectivity index (χ4v) is 3.57. The third-order valence-corrected chi connectivity index (χ3v) is 4.98. The topological polar surface area (TPSA) is 31.2 Å². The van der Waals surface area contributed by atoms with Gasteiger partial charge in [-0.15, -0.1) is 0 Å². The smallest absolute Gasteiger partial charge is 0.416 e. The molecular weight excluding hydrogens is 391 g/mol. The molecular formula is C24H18F3NO2. The molecule has 3 aromatic carbocycles. The number of fused-ring (bicyclic) bond motifs is 1. The Morgan fingerprint density at radius 3 is 2.20 bits per heavy atom. The van der Waals surface area contributed by atoms with Crippen LogP contribution in [0, 0.1) is 0 Å². The molecule has 30 heavy (non-hydrogen) atoms. The molecule has 0 fully saturated rings. The molecule has 4 aromatic rings. The zero-order valence-electron chi connectivity index (χ0n) is 16.1. The number of alkyl halides is 3. The zero-order valence-corrected chi connectivity index (χ0v) is 16.1. The van der Waals surface area contributed by atoms with Crippen LogP contribution in [0.15, 0.2) is 78.9 Å². The molecule has 0 spiro atoms. The first-order valence-corrected chi connectivity index (χ1v) is 9.32. The van der Waals surface area contributed by atoms with Gasteiger partial charge in [0.05, 0.1) is 16.8 Å². The Bertz CT molecular complexity index is 1190. The second-order valence-electron chi connectivity index (χ2n) is 6.90. The summed E-state index contributed by atoms with van der Waals surface area (Å²) in [6.07, 6.45) is -4.41. The van der Waals surface area contributed by atoms with Gasteiger partial charge in [-0.05, 0) is 35.9 Å². The number of ether oxygens (including phenoxy) is 1. The summed E-state index contributed by atoms with van der Waals surface area (Å²) in [5.74, 6) is -0.0385. The van der Waals surface area contributed by atoms with Crippen LogP contribution < -0.4 is 4.74 Å². The first kappa shape index (κ1) is 19.8. The number of nitrogens with zero attached hydrogens (tertiary/aromatic N) is 1. The third kappa shape index (κ3) is 3.68. The van der Waals surface area contributed by atoms with Crippen LogP contribution in [0.4, 0.5) is 13.2 Å². The number of hydrogen-bond acceptors (Lipinski definition) is 2. The summed E-state index contributed by atoms with van der Waals surface area (Å²) in [5.41, 5.74) is 2.36. The number of carbonyl (C=O) groups excluding carboxylic acids is 1. The number of ketones is 1. The van der Waals surface area contributed by atoms with Crippen LogP contribution in [0.3, 0.4) is 0 Å². The second kappa shape index (κ2) is 7.71. The molecule has 1 heterocycles. The molecule has 0 atom stereocenters. The second-order valence-corrected chi connectivity index (χ2v) is 6.90. The molecule has 6 heteroatoms. The van der Waals surface area contributed by atoms with Gasteiger partial charge in [-0.1, -0.05) is 48.5 Å². The van der Waals surface area contributed by atoms with Crippen molar-refractivity contribution in [1.29, 1.82) is 0 Å². The summed E-state index contributed by atoms with van der Waals surface area (Å²) in [5, 5.41) is 0.805. The molecule has 0 aliphatic heterocycles. The summed E-state index contributed by atoms with van der Waals surface area (Å²) in [6.45, 7) is -0.279. The minimum absolute atomic E-state index is 0.206. The van der Waals surface area contributed by atoms with Crippen molar-refractivity contribution in [2.45, 2.75) is 6.18 Å². The number of para-hydroxylation sites is 1. The minimum Gasteiger partial charge on any atom is -0.485 e. The molecule has 0 aliphatic rings. The molecule has 3 nitrogen and oxygen atoms in total. The lowest BCUT2D eigenvalue weighted by Crippen LogP contribution is -2.13. The average molecular weight is 409 g/mol. The van der Waals surface area contributed by atoms with E-state index in [9.17, 15) is 18.0 Å². The molecule has 0 amide bonds. The van der Waals surface area contributed by atoms with E-state index in [1.54, 1.807) is 0 Å². The maximum absolute atomic E-state index is 13.1. The van der Waals surface area contributed by atoms with E-state index in [0.29, 0.717) is 5.56 Å². The van der Waals surface area contributed by atoms with E-state index in [1.807, 2.05) is 66.2 Å². The van der Waals surface area contributed by atoms with Crippen LogP contribution in [-0.2, 0) is 13.2 Å². The van der Waals surface area contributed by atoms with Crippen molar-refractivity contribution in [3.63, 3.8) is 0 Å². The number of hydrogen-bond donors (Lipinski definition) is 0. The molecule has 4 rings (SSSR count). The Balaban J connectivity index is 1.66.